The van der Waals surface area contributed by atoms with E-state index in [9.17, 15) is 14.4 Å². The maximum Gasteiger partial charge on any atom is 0.333 e. The first kappa shape index (κ1) is 15.4. The zero-order valence-corrected chi connectivity index (χ0v) is 11.3. The van der Waals surface area contributed by atoms with Crippen LogP contribution in [0.15, 0.2) is 23.0 Å². The Morgan fingerprint density at radius 2 is 2.20 bits per heavy atom. The van der Waals surface area contributed by atoms with Crippen molar-refractivity contribution >= 4 is 17.9 Å². The molecule has 20 heavy (non-hydrogen) atoms. The first-order chi connectivity index (χ1) is 9.38. The van der Waals surface area contributed by atoms with Gasteiger partial charge in [-0.15, -0.1) is 0 Å². The smallest absolute Gasteiger partial charge is 0.333 e. The van der Waals surface area contributed by atoms with E-state index < -0.39 is 17.6 Å². The number of hydrogen-bond acceptors (Lipinski definition) is 5. The van der Waals surface area contributed by atoms with Crippen molar-refractivity contribution in [1.29, 1.82) is 0 Å². The van der Waals surface area contributed by atoms with Crippen LogP contribution in [0, 0.1) is 6.92 Å². The molecule has 0 fully saturated rings. The first-order valence-corrected chi connectivity index (χ1v) is 5.84. The summed E-state index contributed by atoms with van der Waals surface area (Å²) >= 11 is 0. The summed E-state index contributed by atoms with van der Waals surface area (Å²) in [6, 6.07) is 0.741. The van der Waals surface area contributed by atoms with Crippen molar-refractivity contribution in [2.75, 3.05) is 18.5 Å². The summed E-state index contributed by atoms with van der Waals surface area (Å²) in [5.74, 6) is -0.469. The molecule has 0 unspecified atom stereocenters. The van der Waals surface area contributed by atoms with Gasteiger partial charge < -0.3 is 15.0 Å². The third-order valence-electron chi connectivity index (χ3n) is 2.08. The van der Waals surface area contributed by atoms with Gasteiger partial charge in [-0.2, -0.15) is 4.98 Å². The molecule has 1 aromatic rings. The van der Waals surface area contributed by atoms with Crippen molar-refractivity contribution in [3.63, 3.8) is 0 Å². The first-order valence-electron chi connectivity index (χ1n) is 5.84. The maximum atomic E-state index is 11.5. The lowest BCUT2D eigenvalue weighted by Gasteiger charge is -2.08. The van der Waals surface area contributed by atoms with Gasteiger partial charge in [-0.1, -0.05) is 6.58 Å². The van der Waals surface area contributed by atoms with Crippen molar-refractivity contribution in [3.05, 3.63) is 34.3 Å². The van der Waals surface area contributed by atoms with E-state index >= 15 is 0 Å². The molecule has 1 aromatic heterocycles. The van der Waals surface area contributed by atoms with E-state index in [0.29, 0.717) is 5.69 Å². The molecule has 0 saturated heterocycles. The molecule has 0 saturated carbocycles. The van der Waals surface area contributed by atoms with Gasteiger partial charge in [-0.05, 0) is 13.8 Å². The Balaban J connectivity index is 2.35. The standard InChI is InChI=1S/C12H16N4O4/c1-7(2)10(18)20-5-4-13-12(19)16-11-14-8(3)6-9(17)15-11/h6H,1,4-5H2,2-3H3,(H3,13,14,15,16,17,19). The van der Waals surface area contributed by atoms with Crippen LogP contribution in [-0.4, -0.2) is 35.1 Å². The summed E-state index contributed by atoms with van der Waals surface area (Å²) in [5.41, 5.74) is 0.415. The van der Waals surface area contributed by atoms with Crippen molar-refractivity contribution in [2.45, 2.75) is 13.8 Å². The molecular formula is C12H16N4O4. The summed E-state index contributed by atoms with van der Waals surface area (Å²) < 4.78 is 4.79. The minimum Gasteiger partial charge on any atom is -0.460 e. The van der Waals surface area contributed by atoms with Gasteiger partial charge >= 0.3 is 12.0 Å². The van der Waals surface area contributed by atoms with Gasteiger partial charge in [0.1, 0.15) is 6.61 Å². The number of rotatable bonds is 5. The van der Waals surface area contributed by atoms with Gasteiger partial charge in [0.25, 0.3) is 5.56 Å². The Hall–Kier alpha value is -2.64. The molecule has 8 heteroatoms. The molecule has 8 nitrogen and oxygen atoms in total. The third kappa shape index (κ3) is 5.34. The second kappa shape index (κ2) is 7.07. The highest BCUT2D eigenvalue weighted by molar-refractivity contribution is 5.88. The number of urea groups is 1. The van der Waals surface area contributed by atoms with Crippen LogP contribution in [0.5, 0.6) is 0 Å². The number of hydrogen-bond donors (Lipinski definition) is 3. The fourth-order valence-electron chi connectivity index (χ4n) is 1.22. The van der Waals surface area contributed by atoms with Crippen LogP contribution in [0.1, 0.15) is 12.6 Å². The van der Waals surface area contributed by atoms with Crippen LogP contribution in [0.25, 0.3) is 0 Å². The topological polar surface area (TPSA) is 113 Å². The Morgan fingerprint density at radius 3 is 2.80 bits per heavy atom. The molecule has 0 aliphatic heterocycles. The van der Waals surface area contributed by atoms with Crippen molar-refractivity contribution in [2.24, 2.45) is 0 Å². The summed E-state index contributed by atoms with van der Waals surface area (Å²) in [4.78, 5) is 39.9. The number of aryl methyl sites for hydroxylation is 1. The molecule has 0 bridgehead atoms. The van der Waals surface area contributed by atoms with E-state index in [-0.39, 0.29) is 24.7 Å². The van der Waals surface area contributed by atoms with Crippen LogP contribution in [-0.2, 0) is 9.53 Å². The zero-order chi connectivity index (χ0) is 15.1. The van der Waals surface area contributed by atoms with Gasteiger partial charge in [-0.3, -0.25) is 10.1 Å². The predicted molar refractivity (Wildman–Crippen MR) is 72.4 cm³/mol. The minimum atomic E-state index is -0.565. The fraction of sp³-hybridized carbons (Fsp3) is 0.333. The number of carbonyl (C=O) groups excluding carboxylic acids is 2. The quantitative estimate of drug-likeness (QED) is 0.408. The number of aromatic amines is 1. The third-order valence-corrected chi connectivity index (χ3v) is 2.08. The fourth-order valence-corrected chi connectivity index (χ4v) is 1.22. The van der Waals surface area contributed by atoms with Crippen LogP contribution in [0.2, 0.25) is 0 Å². The molecule has 2 amide bonds. The van der Waals surface area contributed by atoms with E-state index in [2.05, 4.69) is 27.2 Å². The van der Waals surface area contributed by atoms with Crippen LogP contribution in [0.3, 0.4) is 0 Å². The number of amides is 2. The van der Waals surface area contributed by atoms with E-state index in [1.54, 1.807) is 6.92 Å². The normalized spacial score (nSPS) is 9.70. The van der Waals surface area contributed by atoms with Gasteiger partial charge in [0.2, 0.25) is 5.95 Å². The predicted octanol–water partition coefficient (Wildman–Crippen LogP) is 0.319. The number of aromatic nitrogens is 2. The van der Waals surface area contributed by atoms with Crippen LogP contribution in [0.4, 0.5) is 10.7 Å². The molecule has 0 aromatic carbocycles. The van der Waals surface area contributed by atoms with Gasteiger partial charge in [0.05, 0.1) is 6.54 Å². The Kier molecular flexibility index (Phi) is 5.45. The number of esters is 1. The number of nitrogens with one attached hydrogen (secondary N) is 3. The number of anilines is 1. The molecule has 0 atom stereocenters. The average Bonchev–Trinajstić information content (AvgIpc) is 2.32. The second-order valence-corrected chi connectivity index (χ2v) is 4.05. The number of ether oxygens (including phenoxy) is 1. The van der Waals surface area contributed by atoms with E-state index in [4.69, 9.17) is 4.74 Å². The Bertz CT molecular complexity index is 579. The highest BCUT2D eigenvalue weighted by atomic mass is 16.5. The van der Waals surface area contributed by atoms with Gasteiger partial charge in [0, 0.05) is 17.3 Å². The van der Waals surface area contributed by atoms with Gasteiger partial charge in [0.15, 0.2) is 0 Å². The SMILES string of the molecule is C=C(C)C(=O)OCCNC(=O)Nc1nc(=O)cc(C)[nH]1. The van der Waals surface area contributed by atoms with E-state index in [0.717, 1.165) is 0 Å². The van der Waals surface area contributed by atoms with Crippen molar-refractivity contribution in [1.82, 2.24) is 15.3 Å². The van der Waals surface area contributed by atoms with Crippen molar-refractivity contribution in [3.8, 4) is 0 Å². The van der Waals surface area contributed by atoms with Crippen molar-refractivity contribution < 1.29 is 14.3 Å². The summed E-state index contributed by atoms with van der Waals surface area (Å²) in [6.45, 7) is 6.78. The number of carbonyl (C=O) groups is 2. The highest BCUT2D eigenvalue weighted by Crippen LogP contribution is 1.95. The van der Waals surface area contributed by atoms with Crippen LogP contribution < -0.4 is 16.2 Å². The molecule has 1 heterocycles. The number of nitrogens with zero attached hydrogens (tertiary/aromatic N) is 1. The molecule has 0 spiro atoms. The highest BCUT2D eigenvalue weighted by Gasteiger charge is 2.05. The molecule has 0 radical (unpaired) electrons. The number of H-pyrrole nitrogens is 1. The Morgan fingerprint density at radius 1 is 1.50 bits per heavy atom. The average molecular weight is 280 g/mol. The summed E-state index contributed by atoms with van der Waals surface area (Å²) in [5, 5.41) is 4.81. The molecule has 1 rings (SSSR count). The maximum absolute atomic E-state index is 11.5. The lowest BCUT2D eigenvalue weighted by Crippen LogP contribution is -2.33. The lowest BCUT2D eigenvalue weighted by atomic mass is 10.4. The monoisotopic (exact) mass is 280 g/mol. The molecule has 0 aliphatic carbocycles. The lowest BCUT2D eigenvalue weighted by molar-refractivity contribution is -0.138. The molecule has 0 aliphatic rings. The van der Waals surface area contributed by atoms with E-state index in [1.807, 2.05) is 0 Å². The largest absolute Gasteiger partial charge is 0.460 e. The zero-order valence-electron chi connectivity index (χ0n) is 11.3. The Labute approximate surface area is 115 Å². The molecular weight excluding hydrogens is 264 g/mol. The summed E-state index contributed by atoms with van der Waals surface area (Å²) in [6.07, 6.45) is 0. The molecule has 108 valence electrons. The van der Waals surface area contributed by atoms with Gasteiger partial charge in [-0.25, -0.2) is 9.59 Å². The minimum absolute atomic E-state index is 0.0247. The van der Waals surface area contributed by atoms with E-state index in [1.165, 1.54) is 13.0 Å². The molecule has 3 N–H and O–H groups in total. The van der Waals surface area contributed by atoms with Crippen LogP contribution >= 0.6 is 0 Å². The second-order valence-electron chi connectivity index (χ2n) is 4.05. The summed E-state index contributed by atoms with van der Waals surface area (Å²) in [7, 11) is 0.